The van der Waals surface area contributed by atoms with Crippen LogP contribution in [0.5, 0.6) is 0 Å². The van der Waals surface area contributed by atoms with Crippen LogP contribution in [0.2, 0.25) is 0 Å². The van der Waals surface area contributed by atoms with Crippen LogP contribution in [0.15, 0.2) is 10.7 Å². The monoisotopic (exact) mass is 273 g/mol. The van der Waals surface area contributed by atoms with Crippen LogP contribution in [-0.2, 0) is 4.74 Å². The lowest BCUT2D eigenvalue weighted by atomic mass is 10.1. The zero-order valence-corrected chi connectivity index (χ0v) is 11.7. The third-order valence-corrected chi connectivity index (χ3v) is 2.29. The average molecular weight is 273 g/mol. The molecule has 1 rings (SSSR count). The van der Waals surface area contributed by atoms with E-state index in [-0.39, 0.29) is 24.6 Å². The summed E-state index contributed by atoms with van der Waals surface area (Å²) in [5.41, 5.74) is -0.258. The summed E-state index contributed by atoms with van der Waals surface area (Å²) < 4.78 is 9.71. The molecule has 0 aliphatic heterocycles. The van der Waals surface area contributed by atoms with Gasteiger partial charge < -0.3 is 9.84 Å². The normalized spacial score (nSPS) is 11.2. The number of carbonyl (C=O) groups excluding carboxylic acids is 1. The van der Waals surface area contributed by atoms with Gasteiger partial charge in [0.1, 0.15) is 0 Å². The van der Waals surface area contributed by atoms with E-state index in [0.717, 1.165) is 0 Å². The van der Waals surface area contributed by atoms with Crippen molar-refractivity contribution in [2.75, 3.05) is 30.1 Å². The minimum Gasteiger partial charge on any atom is -0.450 e. The first-order valence-electron chi connectivity index (χ1n) is 6.09. The van der Waals surface area contributed by atoms with Crippen molar-refractivity contribution in [3.8, 4) is 0 Å². The average Bonchev–Trinajstić information content (AvgIpc) is 2.72. The van der Waals surface area contributed by atoms with Crippen LogP contribution in [-0.4, -0.2) is 41.8 Å². The first-order chi connectivity index (χ1) is 8.88. The molecule has 0 fully saturated rings. The molecular weight excluding hydrogens is 252 g/mol. The van der Waals surface area contributed by atoms with E-state index >= 15 is 0 Å². The number of β-amino-alcohol motifs (C(OH)–C–C–N with tert-alkyl or cyclic N) is 1. The summed E-state index contributed by atoms with van der Waals surface area (Å²) in [6.07, 6.45) is 0.910. The zero-order chi connectivity index (χ0) is 14.5. The number of ether oxygens (including phenoxy) is 1. The number of rotatable bonds is 5. The predicted molar refractivity (Wildman–Crippen MR) is 67.3 cm³/mol. The molecule has 108 valence electrons. The number of nitrogens with zero attached hydrogens (tertiary/aromatic N) is 3. The third-order valence-electron chi connectivity index (χ3n) is 2.29. The maximum absolute atomic E-state index is 11.2. The molecule has 0 atom stereocenters. The topological polar surface area (TPSA) is 91.7 Å². The molecule has 1 amide bonds. The molecule has 2 N–H and O–H groups in total. The van der Waals surface area contributed by atoms with Gasteiger partial charge in [-0.25, -0.2) is 4.79 Å². The van der Waals surface area contributed by atoms with Crippen molar-refractivity contribution in [3.63, 3.8) is 0 Å². The van der Waals surface area contributed by atoms with E-state index in [9.17, 15) is 4.79 Å². The highest BCUT2D eigenvalue weighted by Crippen LogP contribution is 2.08. The Hall–Kier alpha value is -1.83. The molecule has 0 saturated heterocycles. The molecule has 1 aromatic rings. The van der Waals surface area contributed by atoms with E-state index in [1.165, 1.54) is 11.0 Å². The van der Waals surface area contributed by atoms with Crippen LogP contribution in [0.3, 0.4) is 0 Å². The molecule has 19 heavy (non-hydrogen) atoms. The van der Waals surface area contributed by atoms with Crippen molar-refractivity contribution in [1.29, 1.82) is 0 Å². The number of aromatic nitrogens is 2. The van der Waals surface area contributed by atoms with Gasteiger partial charge in [-0.1, -0.05) is 0 Å². The number of carbonyl (C=O) groups is 1. The lowest BCUT2D eigenvalue weighted by Crippen LogP contribution is -2.67. The molecule has 0 aliphatic rings. The second kappa shape index (κ2) is 6.37. The summed E-state index contributed by atoms with van der Waals surface area (Å²) in [4.78, 5) is 12.7. The number of nitrogens with one attached hydrogen (secondary N) is 1. The van der Waals surface area contributed by atoms with E-state index in [0.29, 0.717) is 6.54 Å². The molecule has 0 unspecified atom stereocenters. The van der Waals surface area contributed by atoms with Gasteiger partial charge in [0.15, 0.2) is 0 Å². The van der Waals surface area contributed by atoms with Crippen molar-refractivity contribution in [1.82, 2.24) is 5.27 Å². The Balaban J connectivity index is 2.79. The summed E-state index contributed by atoms with van der Waals surface area (Å²) in [6, 6.07) is 0. The van der Waals surface area contributed by atoms with Crippen molar-refractivity contribution in [2.24, 2.45) is 0 Å². The van der Waals surface area contributed by atoms with Crippen LogP contribution in [0, 0.1) is 0 Å². The Bertz CT molecular complexity index is 413. The maximum atomic E-state index is 11.2. The molecule has 0 saturated carbocycles. The Labute approximate surface area is 111 Å². The molecule has 8 nitrogen and oxygen atoms in total. The zero-order valence-electron chi connectivity index (χ0n) is 11.7. The van der Waals surface area contributed by atoms with Gasteiger partial charge in [0, 0.05) is 0 Å². The van der Waals surface area contributed by atoms with E-state index < -0.39 is 6.09 Å². The van der Waals surface area contributed by atoms with Crippen LogP contribution >= 0.6 is 0 Å². The highest BCUT2D eigenvalue weighted by Gasteiger charge is 2.31. The van der Waals surface area contributed by atoms with Crippen LogP contribution in [0.25, 0.3) is 0 Å². The van der Waals surface area contributed by atoms with Gasteiger partial charge in [0.2, 0.25) is 5.27 Å². The molecule has 1 aromatic heterocycles. The third kappa shape index (κ3) is 4.40. The minimum atomic E-state index is -0.602. The van der Waals surface area contributed by atoms with Crippen molar-refractivity contribution in [3.05, 3.63) is 6.20 Å². The first-order valence-corrected chi connectivity index (χ1v) is 6.09. The Morgan fingerprint density at radius 1 is 1.63 bits per heavy atom. The molecule has 0 bridgehead atoms. The van der Waals surface area contributed by atoms with Gasteiger partial charge >= 0.3 is 12.0 Å². The van der Waals surface area contributed by atoms with Crippen molar-refractivity contribution >= 4 is 12.0 Å². The van der Waals surface area contributed by atoms with Gasteiger partial charge in [-0.15, -0.1) is 5.01 Å². The SMILES string of the molecule is CCOC(=O)Nc1c[n+](N(CCO)C(C)(C)C)no1. The highest BCUT2D eigenvalue weighted by molar-refractivity contribution is 5.82. The van der Waals surface area contributed by atoms with Crippen molar-refractivity contribution in [2.45, 2.75) is 33.2 Å². The lowest BCUT2D eigenvalue weighted by molar-refractivity contribution is -0.765. The lowest BCUT2D eigenvalue weighted by Gasteiger charge is -2.26. The Morgan fingerprint density at radius 3 is 2.84 bits per heavy atom. The fourth-order valence-electron chi connectivity index (χ4n) is 1.51. The summed E-state index contributed by atoms with van der Waals surface area (Å²) in [6.45, 7) is 8.28. The Morgan fingerprint density at radius 2 is 2.32 bits per heavy atom. The van der Waals surface area contributed by atoms with E-state index in [4.69, 9.17) is 14.4 Å². The van der Waals surface area contributed by atoms with Crippen LogP contribution < -0.4 is 15.1 Å². The summed E-state index contributed by atoms with van der Waals surface area (Å²) in [5.74, 6) is 0.172. The quantitative estimate of drug-likeness (QED) is 0.748. The predicted octanol–water partition coefficient (Wildman–Crippen LogP) is 0.259. The number of amides is 1. The molecule has 0 aromatic carbocycles. The number of hydrogen-bond donors (Lipinski definition) is 2. The number of hydrogen-bond acceptors (Lipinski definition) is 6. The summed E-state index contributed by atoms with van der Waals surface area (Å²) in [5, 5.41) is 17.1. The highest BCUT2D eigenvalue weighted by atomic mass is 16.6. The second-order valence-electron chi connectivity index (χ2n) is 4.85. The standard InChI is InChI=1S/C11H20N4O4/c1-5-18-10(17)12-9-8-15(13-19-9)14(6-7-16)11(2,3)4/h8,16H,5-7H2,1-4H3/p+1. The number of aliphatic hydroxyl groups excluding tert-OH is 1. The van der Waals surface area contributed by atoms with Crippen LogP contribution in [0.4, 0.5) is 10.7 Å². The second-order valence-corrected chi connectivity index (χ2v) is 4.85. The van der Waals surface area contributed by atoms with Crippen LogP contribution in [0.1, 0.15) is 27.7 Å². The largest absolute Gasteiger partial charge is 0.450 e. The van der Waals surface area contributed by atoms with E-state index in [1.807, 2.05) is 20.8 Å². The first kappa shape index (κ1) is 15.2. The number of anilines is 1. The summed E-state index contributed by atoms with van der Waals surface area (Å²) >= 11 is 0. The molecule has 0 spiro atoms. The minimum absolute atomic E-state index is 0.0161. The van der Waals surface area contributed by atoms with Gasteiger partial charge in [0.25, 0.3) is 6.20 Å². The molecule has 1 heterocycles. The fourth-order valence-corrected chi connectivity index (χ4v) is 1.51. The van der Waals surface area contributed by atoms with Crippen molar-refractivity contribution < 1.29 is 24.0 Å². The molecule has 0 aliphatic carbocycles. The molecular formula is C11H21N4O4+. The Kier molecular flexibility index (Phi) is 5.11. The van der Waals surface area contributed by atoms with Gasteiger partial charge in [-0.3, -0.25) is 9.84 Å². The van der Waals surface area contributed by atoms with Gasteiger partial charge in [-0.2, -0.15) is 0 Å². The van der Waals surface area contributed by atoms with Gasteiger partial charge in [-0.05, 0) is 27.7 Å². The molecule has 8 heteroatoms. The maximum Gasteiger partial charge on any atom is 0.414 e. The number of aliphatic hydroxyl groups is 1. The summed E-state index contributed by atoms with van der Waals surface area (Å²) in [7, 11) is 0. The molecule has 0 radical (unpaired) electrons. The fraction of sp³-hybridized carbons (Fsp3) is 0.727. The van der Waals surface area contributed by atoms with Gasteiger partial charge in [0.05, 0.1) is 30.1 Å². The smallest absolute Gasteiger partial charge is 0.414 e. The van der Waals surface area contributed by atoms with E-state index in [1.54, 1.807) is 11.9 Å². The van der Waals surface area contributed by atoms with E-state index in [2.05, 4.69) is 10.6 Å².